The molecule has 0 rings (SSSR count). The van der Waals surface area contributed by atoms with Crippen LogP contribution in [0.25, 0.3) is 0 Å². The van der Waals surface area contributed by atoms with Crippen molar-refractivity contribution in [3.05, 3.63) is 40.5 Å². The van der Waals surface area contributed by atoms with Crippen LogP contribution in [-0.2, 0) is 26.2 Å². The third kappa shape index (κ3) is 348. The maximum absolute atomic E-state index is 8.36. The van der Waals surface area contributed by atoms with Crippen molar-refractivity contribution in [2.24, 2.45) is 0 Å². The zero-order chi connectivity index (χ0) is 14.3. The average molecular weight is 343 g/mol. The van der Waals surface area contributed by atoms with Gasteiger partial charge in [-0.05, 0) is 0 Å². The van der Waals surface area contributed by atoms with E-state index in [0.717, 1.165) is 0 Å². The van der Waals surface area contributed by atoms with Crippen LogP contribution in [0.3, 0.4) is 0 Å². The maximum atomic E-state index is 8.36. The van der Waals surface area contributed by atoms with Crippen LogP contribution in [-0.4, -0.2) is 41.2 Å². The zero-order valence-electron chi connectivity index (χ0n) is 7.34. The first kappa shape index (κ1) is 29.3. The molecule has 0 spiro atoms. The van der Waals surface area contributed by atoms with Gasteiger partial charge in [0.05, 0.1) is 0 Å². The largest absolute Gasteiger partial charge is 4.00 e. The van der Waals surface area contributed by atoms with E-state index in [-0.39, 0.29) is 26.2 Å². The van der Waals surface area contributed by atoms with Crippen LogP contribution in [0.2, 0.25) is 0 Å². The molecule has 17 heteroatoms. The van der Waals surface area contributed by atoms with Gasteiger partial charge in [-0.2, -0.15) is 0 Å². The van der Waals surface area contributed by atoms with E-state index < -0.39 is 20.3 Å². The van der Waals surface area contributed by atoms with Crippen molar-refractivity contribution in [1.29, 1.82) is 0 Å². The fourth-order valence-electron chi connectivity index (χ4n) is 0. The fraction of sp³-hybridized carbons (Fsp3) is 0. The van der Waals surface area contributed by atoms with Gasteiger partial charge in [0.25, 0.3) is 20.3 Å². The Morgan fingerprint density at radius 1 is 0.529 bits per heavy atom. The number of hydrogen-bond donors (Lipinski definition) is 4. The molecule has 0 aromatic carbocycles. The molecule has 0 atom stereocenters. The summed E-state index contributed by atoms with van der Waals surface area (Å²) >= 11 is 0. The van der Waals surface area contributed by atoms with Crippen LogP contribution in [0.4, 0.5) is 0 Å². The molecular weight excluding hydrogens is 339 g/mol. The molecule has 0 bridgehead atoms. The summed E-state index contributed by atoms with van der Waals surface area (Å²) in [6.45, 7) is 0. The molecule has 0 saturated carbocycles. The summed E-state index contributed by atoms with van der Waals surface area (Å²) in [6.07, 6.45) is 0. The van der Waals surface area contributed by atoms with E-state index >= 15 is 0 Å². The van der Waals surface area contributed by atoms with Crippen molar-refractivity contribution in [3.8, 4) is 0 Å². The summed E-state index contributed by atoms with van der Waals surface area (Å²) in [5, 5.41) is 54.6. The maximum Gasteiger partial charge on any atom is 4.00 e. The molecule has 0 aliphatic heterocycles. The Bertz CT molecular complexity index is 159. The Morgan fingerprint density at radius 2 is 0.529 bits per heavy atom. The molecule has 96 valence electrons. The summed E-state index contributed by atoms with van der Waals surface area (Å²) < 4.78 is 0. The number of rotatable bonds is 0. The predicted molar refractivity (Wildman–Crippen MR) is 35.1 cm³/mol. The van der Waals surface area contributed by atoms with Crippen molar-refractivity contribution in [3.63, 3.8) is 0 Å². The molecule has 0 aliphatic carbocycles. The van der Waals surface area contributed by atoms with E-state index in [9.17, 15) is 0 Å². The van der Waals surface area contributed by atoms with Crippen molar-refractivity contribution in [1.82, 2.24) is 0 Å². The monoisotopic (exact) mass is 342 g/mol. The Balaban J connectivity index is -0.0000000369. The van der Waals surface area contributed by atoms with Crippen molar-refractivity contribution in [2.45, 2.75) is 0 Å². The minimum absolute atomic E-state index is 0. The Labute approximate surface area is 108 Å². The molecule has 4 N–H and O–H groups in total. The zero-order valence-corrected chi connectivity index (χ0v) is 9.80. The molecule has 0 aromatic rings. The summed E-state index contributed by atoms with van der Waals surface area (Å²) in [5.74, 6) is 0. The van der Waals surface area contributed by atoms with Crippen molar-refractivity contribution >= 4 is 0 Å². The standard InChI is InChI=1S/4HNO3.Zr/c4*2-1(3)4;/h4*(H,2,3,4);/q;;;;+4. The normalized spacial score (nSPS) is 5.65. The topological polar surface area (TPSA) is 253 Å². The van der Waals surface area contributed by atoms with Gasteiger partial charge in [-0.1, -0.05) is 0 Å². The van der Waals surface area contributed by atoms with E-state index in [1.54, 1.807) is 0 Å². The van der Waals surface area contributed by atoms with Gasteiger partial charge in [0, 0.05) is 0 Å². The van der Waals surface area contributed by atoms with E-state index in [0.29, 0.717) is 0 Å². The average Bonchev–Trinajstić information content (AvgIpc) is 1.76. The van der Waals surface area contributed by atoms with E-state index in [1.807, 2.05) is 0 Å². The van der Waals surface area contributed by atoms with Gasteiger partial charge in [0.2, 0.25) is 0 Å². The summed E-state index contributed by atoms with van der Waals surface area (Å²) in [7, 11) is 0. The van der Waals surface area contributed by atoms with E-state index in [1.165, 1.54) is 0 Å². The van der Waals surface area contributed by atoms with Gasteiger partial charge in [-0.15, -0.1) is 40.5 Å². The van der Waals surface area contributed by atoms with Gasteiger partial charge in [-0.25, -0.2) is 0 Å². The van der Waals surface area contributed by atoms with Crippen LogP contribution < -0.4 is 0 Å². The second-order valence-corrected chi connectivity index (χ2v) is 0.951. The molecule has 0 radical (unpaired) electrons. The van der Waals surface area contributed by atoms with Gasteiger partial charge < -0.3 is 20.8 Å². The molecule has 0 aliphatic rings. The Hall–Kier alpha value is -2.32. The molecule has 0 saturated heterocycles. The number of hydrogen-bond acceptors (Lipinski definition) is 8. The summed E-state index contributed by atoms with van der Waals surface area (Å²) in [6, 6.07) is 0. The van der Waals surface area contributed by atoms with Crippen LogP contribution in [0.5, 0.6) is 0 Å². The molecule has 0 amide bonds. The molecule has 0 unspecified atom stereocenters. The fourth-order valence-corrected chi connectivity index (χ4v) is 0. The third-order valence-electron chi connectivity index (χ3n) is 0. The van der Waals surface area contributed by atoms with Gasteiger partial charge >= 0.3 is 26.2 Å². The third-order valence-corrected chi connectivity index (χ3v) is 0. The molecular formula is H4N4O12Zr+4. The first-order chi connectivity index (χ1) is 6.93. The van der Waals surface area contributed by atoms with Crippen LogP contribution in [0.1, 0.15) is 0 Å². The molecule has 0 heterocycles. The molecule has 17 heavy (non-hydrogen) atoms. The predicted octanol–water partition coefficient (Wildman–Crippen LogP) is -1.39. The summed E-state index contributed by atoms with van der Waals surface area (Å²) in [5.41, 5.74) is 0. The SMILES string of the molecule is O=[N+]([O-])O.O=[N+]([O-])O.O=[N+]([O-])O.O=[N+]([O-])O.[Zr+4]. The minimum atomic E-state index is -1.50. The van der Waals surface area contributed by atoms with Crippen molar-refractivity contribution < 1.29 is 67.4 Å². The van der Waals surface area contributed by atoms with Crippen LogP contribution in [0.15, 0.2) is 0 Å². The quantitative estimate of drug-likeness (QED) is 0.292. The van der Waals surface area contributed by atoms with E-state index in [2.05, 4.69) is 0 Å². The van der Waals surface area contributed by atoms with Gasteiger partial charge in [0.1, 0.15) is 0 Å². The summed E-state index contributed by atoms with van der Waals surface area (Å²) in [4.78, 5) is 33.4. The first-order valence-corrected chi connectivity index (χ1v) is 2.26. The molecule has 0 aromatic heterocycles. The second kappa shape index (κ2) is 23.5. The Morgan fingerprint density at radius 3 is 0.529 bits per heavy atom. The minimum Gasteiger partial charge on any atom is -0.328 e. The number of nitrogens with zero attached hydrogens (tertiary/aromatic N) is 4. The van der Waals surface area contributed by atoms with Gasteiger partial charge in [-0.3, -0.25) is 0 Å². The Kier molecular flexibility index (Phi) is 40.5. The van der Waals surface area contributed by atoms with Gasteiger partial charge in [0.15, 0.2) is 0 Å². The van der Waals surface area contributed by atoms with Crippen LogP contribution >= 0.6 is 0 Å². The first-order valence-electron chi connectivity index (χ1n) is 2.26. The van der Waals surface area contributed by atoms with Crippen molar-refractivity contribution in [2.75, 3.05) is 0 Å². The smallest absolute Gasteiger partial charge is 0.328 e. The van der Waals surface area contributed by atoms with E-state index in [4.69, 9.17) is 61.3 Å². The van der Waals surface area contributed by atoms with Crippen LogP contribution in [0, 0.1) is 40.5 Å². The second-order valence-electron chi connectivity index (χ2n) is 0.951. The molecule has 0 fully saturated rings. The molecule has 16 nitrogen and oxygen atoms in total.